The number of carbonyl (C=O) groups is 3. The predicted octanol–water partition coefficient (Wildman–Crippen LogP) is 2.65. The summed E-state index contributed by atoms with van der Waals surface area (Å²) in [5.41, 5.74) is 0.795. The Labute approximate surface area is 166 Å². The molecule has 0 aliphatic carbocycles. The number of hydrogen-bond donors (Lipinski definition) is 2. The SMILES string of the molecule is CCSc1n[nH]c(NC(=O)C(C(C)C)N2C(=O)c3ccccc3C2=O)c1C#N. The minimum atomic E-state index is -1.02. The van der Waals surface area contributed by atoms with Crippen molar-refractivity contribution >= 4 is 35.3 Å². The number of anilines is 1. The Morgan fingerprint density at radius 1 is 1.29 bits per heavy atom. The number of thioether (sulfide) groups is 1. The van der Waals surface area contributed by atoms with Crippen LogP contribution in [-0.2, 0) is 4.79 Å². The van der Waals surface area contributed by atoms with E-state index in [1.807, 2.05) is 13.0 Å². The highest BCUT2D eigenvalue weighted by Crippen LogP contribution is 2.29. The number of aromatic nitrogens is 2. The molecule has 2 aromatic rings. The fourth-order valence-electron chi connectivity index (χ4n) is 3.14. The van der Waals surface area contributed by atoms with E-state index in [9.17, 15) is 19.6 Å². The van der Waals surface area contributed by atoms with E-state index < -0.39 is 23.8 Å². The minimum Gasteiger partial charge on any atom is -0.308 e. The molecule has 0 radical (unpaired) electrons. The van der Waals surface area contributed by atoms with E-state index in [0.717, 1.165) is 10.7 Å². The number of nitriles is 1. The van der Waals surface area contributed by atoms with Crippen molar-refractivity contribution in [3.63, 3.8) is 0 Å². The van der Waals surface area contributed by atoms with Crippen molar-refractivity contribution in [2.75, 3.05) is 11.1 Å². The van der Waals surface area contributed by atoms with Gasteiger partial charge in [0.05, 0.1) is 11.1 Å². The second kappa shape index (κ2) is 7.86. The lowest BCUT2D eigenvalue weighted by Gasteiger charge is -2.28. The van der Waals surface area contributed by atoms with Gasteiger partial charge in [0.2, 0.25) is 5.91 Å². The summed E-state index contributed by atoms with van der Waals surface area (Å²) >= 11 is 1.37. The molecule has 0 fully saturated rings. The lowest BCUT2D eigenvalue weighted by atomic mass is 10.0. The van der Waals surface area contributed by atoms with Gasteiger partial charge in [-0.2, -0.15) is 10.4 Å². The van der Waals surface area contributed by atoms with Gasteiger partial charge in [-0.25, -0.2) is 0 Å². The molecule has 1 aromatic heterocycles. The van der Waals surface area contributed by atoms with Crippen LogP contribution >= 0.6 is 11.8 Å². The Balaban J connectivity index is 1.90. The molecule has 1 unspecified atom stereocenters. The molecule has 0 saturated heterocycles. The quantitative estimate of drug-likeness (QED) is 0.571. The van der Waals surface area contributed by atoms with Gasteiger partial charge in [0.25, 0.3) is 11.8 Å². The van der Waals surface area contributed by atoms with Crippen LogP contribution in [0.15, 0.2) is 29.3 Å². The van der Waals surface area contributed by atoms with Crippen LogP contribution in [0.2, 0.25) is 0 Å². The van der Waals surface area contributed by atoms with Crippen LogP contribution in [0.1, 0.15) is 47.1 Å². The Kier molecular flexibility index (Phi) is 5.51. The normalized spacial score (nSPS) is 14.2. The molecule has 0 bridgehead atoms. The lowest BCUT2D eigenvalue weighted by molar-refractivity contribution is -0.121. The van der Waals surface area contributed by atoms with Crippen molar-refractivity contribution in [3.8, 4) is 6.07 Å². The van der Waals surface area contributed by atoms with Crippen LogP contribution in [0.4, 0.5) is 5.82 Å². The average Bonchev–Trinajstić information content (AvgIpc) is 3.16. The van der Waals surface area contributed by atoms with Crippen LogP contribution in [0.25, 0.3) is 0 Å². The maximum absolute atomic E-state index is 13.0. The van der Waals surface area contributed by atoms with Gasteiger partial charge < -0.3 is 5.32 Å². The fourth-order valence-corrected chi connectivity index (χ4v) is 3.81. The maximum atomic E-state index is 13.0. The summed E-state index contributed by atoms with van der Waals surface area (Å²) in [4.78, 5) is 39.5. The number of amides is 3. The second-order valence-electron chi connectivity index (χ2n) is 6.53. The summed E-state index contributed by atoms with van der Waals surface area (Å²) in [6.07, 6.45) is 0. The molecule has 28 heavy (non-hydrogen) atoms. The van der Waals surface area contributed by atoms with E-state index in [2.05, 4.69) is 15.5 Å². The summed E-state index contributed by atoms with van der Waals surface area (Å²) in [6, 6.07) is 7.50. The van der Waals surface area contributed by atoms with Gasteiger partial charge in [-0.3, -0.25) is 24.4 Å². The zero-order valence-electron chi connectivity index (χ0n) is 15.6. The summed E-state index contributed by atoms with van der Waals surface area (Å²) in [6.45, 7) is 5.43. The van der Waals surface area contributed by atoms with Gasteiger partial charge in [-0.15, -0.1) is 11.8 Å². The van der Waals surface area contributed by atoms with Gasteiger partial charge in [0.15, 0.2) is 0 Å². The fraction of sp³-hybridized carbons (Fsp3) is 0.316. The first kappa shape index (κ1) is 19.6. The molecule has 2 heterocycles. The van der Waals surface area contributed by atoms with E-state index in [4.69, 9.17) is 0 Å². The number of imide groups is 1. The molecular weight excluding hydrogens is 378 g/mol. The molecule has 9 heteroatoms. The topological polar surface area (TPSA) is 119 Å². The predicted molar refractivity (Wildman–Crippen MR) is 104 cm³/mol. The second-order valence-corrected chi connectivity index (χ2v) is 7.78. The van der Waals surface area contributed by atoms with Gasteiger partial charge in [0.1, 0.15) is 28.5 Å². The number of rotatable bonds is 6. The number of nitrogens with zero attached hydrogens (tertiary/aromatic N) is 3. The first-order valence-electron chi connectivity index (χ1n) is 8.79. The highest BCUT2D eigenvalue weighted by molar-refractivity contribution is 7.99. The highest BCUT2D eigenvalue weighted by Gasteiger charge is 2.44. The van der Waals surface area contributed by atoms with Crippen LogP contribution < -0.4 is 5.32 Å². The van der Waals surface area contributed by atoms with Crippen LogP contribution in [0.5, 0.6) is 0 Å². The summed E-state index contributed by atoms with van der Waals surface area (Å²) in [5.74, 6) is -1.01. The van der Waals surface area contributed by atoms with E-state index >= 15 is 0 Å². The molecule has 1 aliphatic heterocycles. The maximum Gasteiger partial charge on any atom is 0.262 e. The molecule has 1 aliphatic rings. The molecule has 0 saturated carbocycles. The number of H-pyrrole nitrogens is 1. The van der Waals surface area contributed by atoms with Gasteiger partial charge in [-0.1, -0.05) is 32.9 Å². The van der Waals surface area contributed by atoms with Gasteiger partial charge in [-0.05, 0) is 23.8 Å². The molecule has 1 atom stereocenters. The molecule has 3 amide bonds. The number of carbonyl (C=O) groups excluding carboxylic acids is 3. The summed E-state index contributed by atoms with van der Waals surface area (Å²) in [5, 5.41) is 19.2. The first-order chi connectivity index (χ1) is 13.4. The number of nitrogens with one attached hydrogen (secondary N) is 2. The van der Waals surface area contributed by atoms with E-state index in [1.165, 1.54) is 11.8 Å². The van der Waals surface area contributed by atoms with Gasteiger partial charge >= 0.3 is 0 Å². The van der Waals surface area contributed by atoms with Crippen molar-refractivity contribution in [2.24, 2.45) is 5.92 Å². The smallest absolute Gasteiger partial charge is 0.262 e. The largest absolute Gasteiger partial charge is 0.308 e. The summed E-state index contributed by atoms with van der Waals surface area (Å²) < 4.78 is 0. The van der Waals surface area contributed by atoms with Crippen LogP contribution in [0.3, 0.4) is 0 Å². The van der Waals surface area contributed by atoms with Crippen LogP contribution in [0, 0.1) is 17.2 Å². The third-order valence-electron chi connectivity index (χ3n) is 4.38. The molecule has 144 valence electrons. The van der Waals surface area contributed by atoms with Gasteiger partial charge in [0, 0.05) is 0 Å². The van der Waals surface area contributed by atoms with E-state index in [0.29, 0.717) is 5.03 Å². The third-order valence-corrected chi connectivity index (χ3v) is 5.24. The Hall–Kier alpha value is -3.12. The number of hydrogen-bond acceptors (Lipinski definition) is 6. The Bertz CT molecular complexity index is 957. The molecule has 1 aromatic carbocycles. The average molecular weight is 397 g/mol. The molecule has 8 nitrogen and oxygen atoms in total. The number of aromatic amines is 1. The molecule has 0 spiro atoms. The lowest BCUT2D eigenvalue weighted by Crippen LogP contribution is -2.50. The third kappa shape index (κ3) is 3.27. The molecule has 2 N–H and O–H groups in total. The first-order valence-corrected chi connectivity index (χ1v) is 9.78. The Morgan fingerprint density at radius 3 is 2.39 bits per heavy atom. The number of fused-ring (bicyclic) bond motifs is 1. The van der Waals surface area contributed by atoms with E-state index in [-0.39, 0.29) is 28.4 Å². The zero-order valence-corrected chi connectivity index (χ0v) is 16.5. The van der Waals surface area contributed by atoms with Crippen LogP contribution in [-0.4, -0.2) is 44.6 Å². The highest BCUT2D eigenvalue weighted by atomic mass is 32.2. The van der Waals surface area contributed by atoms with Crippen molar-refractivity contribution in [1.82, 2.24) is 15.1 Å². The van der Waals surface area contributed by atoms with E-state index in [1.54, 1.807) is 38.1 Å². The van der Waals surface area contributed by atoms with Crippen molar-refractivity contribution in [3.05, 3.63) is 41.0 Å². The Morgan fingerprint density at radius 2 is 1.89 bits per heavy atom. The zero-order chi connectivity index (χ0) is 20.4. The van der Waals surface area contributed by atoms with Crippen molar-refractivity contribution in [2.45, 2.75) is 31.8 Å². The van der Waals surface area contributed by atoms with Crippen molar-refractivity contribution < 1.29 is 14.4 Å². The van der Waals surface area contributed by atoms with Crippen molar-refractivity contribution in [1.29, 1.82) is 5.26 Å². The molecule has 3 rings (SSSR count). The standard InChI is InChI=1S/C19H19N5O3S/c1-4-28-17-13(9-20)15(22-23-17)21-16(25)14(10(2)3)24-18(26)11-7-5-6-8-12(11)19(24)27/h5-8,10,14H,4H2,1-3H3,(H2,21,22,23,25). The number of benzene rings is 1. The monoisotopic (exact) mass is 397 g/mol. The molecular formula is C19H19N5O3S. The summed E-state index contributed by atoms with van der Waals surface area (Å²) in [7, 11) is 0. The minimum absolute atomic E-state index is 0.158.